The number of hydrogen-bond donors (Lipinski definition) is 0. The standard InChI is InChI=1S/C19H18Cl2O4/c20-15-5-1-13(2-6-15)17-22-9-19(10-23-17)11-24-18(25-12-19)14-3-7-16(21)8-4-14/h1-8,17-18H,9-12H2. The van der Waals surface area contributed by atoms with E-state index in [4.69, 9.17) is 42.1 Å². The third-order valence-electron chi connectivity index (χ3n) is 4.45. The second kappa shape index (κ2) is 7.23. The van der Waals surface area contributed by atoms with Gasteiger partial charge in [0.2, 0.25) is 0 Å². The highest BCUT2D eigenvalue weighted by Crippen LogP contribution is 2.38. The molecule has 6 heteroatoms. The second-order valence-corrected chi connectivity index (χ2v) is 7.38. The van der Waals surface area contributed by atoms with E-state index in [9.17, 15) is 0 Å². The lowest BCUT2D eigenvalue weighted by molar-refractivity contribution is -0.307. The Morgan fingerprint density at radius 1 is 0.600 bits per heavy atom. The molecule has 4 nitrogen and oxygen atoms in total. The van der Waals surface area contributed by atoms with Gasteiger partial charge in [0.1, 0.15) is 0 Å². The Morgan fingerprint density at radius 2 is 0.920 bits per heavy atom. The molecule has 2 aliphatic heterocycles. The van der Waals surface area contributed by atoms with Gasteiger partial charge in [-0.25, -0.2) is 0 Å². The lowest BCUT2D eigenvalue weighted by Gasteiger charge is -2.43. The molecule has 2 saturated heterocycles. The number of hydrogen-bond acceptors (Lipinski definition) is 4. The first-order valence-corrected chi connectivity index (χ1v) is 8.87. The summed E-state index contributed by atoms with van der Waals surface area (Å²) < 4.78 is 23.6. The summed E-state index contributed by atoms with van der Waals surface area (Å²) >= 11 is 11.8. The Labute approximate surface area is 156 Å². The van der Waals surface area contributed by atoms with Crippen LogP contribution in [0.2, 0.25) is 10.0 Å². The van der Waals surface area contributed by atoms with Crippen LogP contribution < -0.4 is 0 Å². The van der Waals surface area contributed by atoms with Crippen LogP contribution >= 0.6 is 23.2 Å². The maximum Gasteiger partial charge on any atom is 0.183 e. The molecule has 2 aliphatic rings. The molecule has 2 fully saturated rings. The Balaban J connectivity index is 1.35. The van der Waals surface area contributed by atoms with Crippen LogP contribution in [0, 0.1) is 5.41 Å². The zero-order valence-electron chi connectivity index (χ0n) is 13.5. The van der Waals surface area contributed by atoms with E-state index >= 15 is 0 Å². The van der Waals surface area contributed by atoms with E-state index < -0.39 is 0 Å². The maximum absolute atomic E-state index is 5.92. The van der Waals surface area contributed by atoms with Crippen molar-refractivity contribution in [1.82, 2.24) is 0 Å². The molecule has 0 N–H and O–H groups in total. The molecule has 1 spiro atoms. The number of rotatable bonds is 2. The fourth-order valence-electron chi connectivity index (χ4n) is 2.98. The van der Waals surface area contributed by atoms with E-state index in [1.807, 2.05) is 48.5 Å². The second-order valence-electron chi connectivity index (χ2n) is 6.51. The van der Waals surface area contributed by atoms with Crippen molar-refractivity contribution in [2.75, 3.05) is 26.4 Å². The third kappa shape index (κ3) is 3.85. The first kappa shape index (κ1) is 17.3. The van der Waals surface area contributed by atoms with Crippen LogP contribution in [0.1, 0.15) is 23.7 Å². The van der Waals surface area contributed by atoms with Crippen LogP contribution in [0.5, 0.6) is 0 Å². The minimum Gasteiger partial charge on any atom is -0.348 e. The van der Waals surface area contributed by atoms with Crippen LogP contribution in [0.4, 0.5) is 0 Å². The third-order valence-corrected chi connectivity index (χ3v) is 4.95. The molecule has 0 saturated carbocycles. The van der Waals surface area contributed by atoms with Gasteiger partial charge in [-0.2, -0.15) is 0 Å². The summed E-state index contributed by atoms with van der Waals surface area (Å²) in [4.78, 5) is 0. The van der Waals surface area contributed by atoms with Crippen molar-refractivity contribution in [3.63, 3.8) is 0 Å². The maximum atomic E-state index is 5.92. The van der Waals surface area contributed by atoms with Gasteiger partial charge >= 0.3 is 0 Å². The fraction of sp³-hybridized carbons (Fsp3) is 0.368. The summed E-state index contributed by atoms with van der Waals surface area (Å²) in [5.74, 6) is 0. The molecular formula is C19H18Cl2O4. The lowest BCUT2D eigenvalue weighted by Crippen LogP contribution is -2.49. The van der Waals surface area contributed by atoms with Gasteiger partial charge in [0, 0.05) is 21.2 Å². The lowest BCUT2D eigenvalue weighted by atomic mass is 9.90. The van der Waals surface area contributed by atoms with Crippen molar-refractivity contribution in [3.8, 4) is 0 Å². The van der Waals surface area contributed by atoms with Crippen molar-refractivity contribution in [3.05, 3.63) is 69.7 Å². The van der Waals surface area contributed by atoms with Crippen LogP contribution in [0.15, 0.2) is 48.5 Å². The van der Waals surface area contributed by atoms with Gasteiger partial charge in [-0.1, -0.05) is 47.5 Å². The van der Waals surface area contributed by atoms with Gasteiger partial charge in [-0.15, -0.1) is 0 Å². The molecule has 2 aromatic rings. The number of halogens is 2. The summed E-state index contributed by atoms with van der Waals surface area (Å²) in [5, 5.41) is 1.39. The van der Waals surface area contributed by atoms with Crippen molar-refractivity contribution in [2.45, 2.75) is 12.6 Å². The first-order chi connectivity index (χ1) is 12.1. The molecule has 0 bridgehead atoms. The average molecular weight is 381 g/mol. The van der Waals surface area contributed by atoms with Gasteiger partial charge in [-0.3, -0.25) is 0 Å². The van der Waals surface area contributed by atoms with Crippen LogP contribution in [-0.4, -0.2) is 26.4 Å². The minimum atomic E-state index is -0.378. The molecule has 2 aromatic carbocycles. The molecule has 0 aliphatic carbocycles. The van der Waals surface area contributed by atoms with Gasteiger partial charge in [0.05, 0.1) is 31.8 Å². The minimum absolute atomic E-state index is 0.272. The van der Waals surface area contributed by atoms with Gasteiger partial charge < -0.3 is 18.9 Å². The molecular weight excluding hydrogens is 363 g/mol. The predicted molar refractivity (Wildman–Crippen MR) is 94.6 cm³/mol. The largest absolute Gasteiger partial charge is 0.348 e. The fourth-order valence-corrected chi connectivity index (χ4v) is 3.23. The van der Waals surface area contributed by atoms with Crippen LogP contribution in [0.3, 0.4) is 0 Å². The monoisotopic (exact) mass is 380 g/mol. The highest BCUT2D eigenvalue weighted by molar-refractivity contribution is 6.30. The van der Waals surface area contributed by atoms with E-state index in [1.54, 1.807) is 0 Å². The Bertz CT molecular complexity index is 634. The summed E-state index contributed by atoms with van der Waals surface area (Å²) in [6.45, 7) is 2.09. The van der Waals surface area contributed by atoms with E-state index in [0.717, 1.165) is 11.1 Å². The molecule has 0 amide bonds. The predicted octanol–water partition coefficient (Wildman–Crippen LogP) is 4.77. The van der Waals surface area contributed by atoms with Gasteiger partial charge in [0.15, 0.2) is 12.6 Å². The van der Waals surface area contributed by atoms with Gasteiger partial charge in [0.25, 0.3) is 0 Å². The Morgan fingerprint density at radius 3 is 1.24 bits per heavy atom. The quantitative estimate of drug-likeness (QED) is 0.751. The van der Waals surface area contributed by atoms with Gasteiger partial charge in [-0.05, 0) is 24.3 Å². The molecule has 132 valence electrons. The zero-order chi connectivity index (χ0) is 17.3. The Hall–Kier alpha value is -1.14. The highest BCUT2D eigenvalue weighted by atomic mass is 35.5. The smallest absolute Gasteiger partial charge is 0.183 e. The molecule has 4 rings (SSSR count). The summed E-state index contributed by atoms with van der Waals surface area (Å²) in [7, 11) is 0. The normalized spacial score (nSPS) is 29.7. The number of benzene rings is 2. The van der Waals surface area contributed by atoms with E-state index in [0.29, 0.717) is 36.5 Å². The summed E-state index contributed by atoms with van der Waals surface area (Å²) in [6.07, 6.45) is -0.756. The van der Waals surface area contributed by atoms with E-state index in [2.05, 4.69) is 0 Å². The molecule has 2 heterocycles. The van der Waals surface area contributed by atoms with Crippen molar-refractivity contribution in [1.29, 1.82) is 0 Å². The topological polar surface area (TPSA) is 36.9 Å². The van der Waals surface area contributed by atoms with Crippen molar-refractivity contribution >= 4 is 23.2 Å². The Kier molecular flexibility index (Phi) is 5.00. The number of ether oxygens (including phenoxy) is 4. The summed E-state index contributed by atoms with van der Waals surface area (Å²) in [5.41, 5.74) is 1.64. The van der Waals surface area contributed by atoms with E-state index in [-0.39, 0.29) is 18.0 Å². The molecule has 0 radical (unpaired) electrons. The van der Waals surface area contributed by atoms with Crippen molar-refractivity contribution in [2.24, 2.45) is 5.41 Å². The highest BCUT2D eigenvalue weighted by Gasteiger charge is 2.42. The SMILES string of the molecule is Clc1ccc(C2OCC3(CO2)COC(c2ccc(Cl)cc2)OC3)cc1. The molecule has 0 atom stereocenters. The average Bonchev–Trinajstić information content (AvgIpc) is 2.65. The van der Waals surface area contributed by atoms with Crippen molar-refractivity contribution < 1.29 is 18.9 Å². The first-order valence-electron chi connectivity index (χ1n) is 8.11. The van der Waals surface area contributed by atoms with E-state index in [1.165, 1.54) is 0 Å². The molecule has 0 unspecified atom stereocenters. The zero-order valence-corrected chi connectivity index (χ0v) is 15.0. The molecule has 0 aromatic heterocycles. The van der Waals surface area contributed by atoms with Crippen LogP contribution in [-0.2, 0) is 18.9 Å². The summed E-state index contributed by atoms with van der Waals surface area (Å²) in [6, 6.07) is 15.0. The van der Waals surface area contributed by atoms with Crippen LogP contribution in [0.25, 0.3) is 0 Å². The molecule has 25 heavy (non-hydrogen) atoms.